The molecule has 0 saturated heterocycles. The van der Waals surface area contributed by atoms with Crippen LogP contribution in [0, 0.1) is 0 Å². The highest BCUT2D eigenvalue weighted by atomic mass is 16.5. The van der Waals surface area contributed by atoms with Crippen molar-refractivity contribution in [2.75, 3.05) is 25.2 Å². The van der Waals surface area contributed by atoms with Gasteiger partial charge < -0.3 is 9.75 Å². The first-order valence-corrected chi connectivity index (χ1v) is 5.20. The third-order valence-electron chi connectivity index (χ3n) is 2.46. The van der Waals surface area contributed by atoms with Crippen molar-refractivity contribution in [3.8, 4) is 5.75 Å². The van der Waals surface area contributed by atoms with Gasteiger partial charge in [0.15, 0.2) is 0 Å². The van der Waals surface area contributed by atoms with Gasteiger partial charge in [-0.3, -0.25) is 0 Å². The van der Waals surface area contributed by atoms with Gasteiger partial charge in [0.25, 0.3) is 0 Å². The lowest BCUT2D eigenvalue weighted by atomic mass is 10.1. The van der Waals surface area contributed by atoms with Crippen LogP contribution in [-0.4, -0.2) is 20.2 Å². The lowest BCUT2D eigenvalue weighted by molar-refractivity contribution is 0.414. The normalized spacial score (nSPS) is 13.9. The zero-order chi connectivity index (χ0) is 10.7. The number of fused-ring (bicyclic) bond motifs is 1. The van der Waals surface area contributed by atoms with Crippen LogP contribution in [-0.2, 0) is 0 Å². The van der Waals surface area contributed by atoms with Gasteiger partial charge in [0.1, 0.15) is 5.75 Å². The van der Waals surface area contributed by atoms with Crippen LogP contribution in [0.1, 0.15) is 12.5 Å². The van der Waals surface area contributed by atoms with Crippen molar-refractivity contribution in [1.29, 1.82) is 0 Å². The minimum absolute atomic E-state index is 0.900. The van der Waals surface area contributed by atoms with Crippen molar-refractivity contribution in [1.82, 2.24) is 5.43 Å². The first kappa shape index (κ1) is 10.1. The molecule has 0 bridgehead atoms. The SMILES string of the molecule is CCNN1CC=Cc2cc(OC)ccc21. The molecule has 2 rings (SSSR count). The van der Waals surface area contributed by atoms with Gasteiger partial charge in [-0.15, -0.1) is 0 Å². The molecule has 1 heterocycles. The van der Waals surface area contributed by atoms with E-state index in [0.29, 0.717) is 0 Å². The number of nitrogens with zero attached hydrogens (tertiary/aromatic N) is 1. The minimum Gasteiger partial charge on any atom is -0.497 e. The molecule has 0 atom stereocenters. The highest BCUT2D eigenvalue weighted by Crippen LogP contribution is 2.28. The summed E-state index contributed by atoms with van der Waals surface area (Å²) in [6, 6.07) is 6.12. The number of hydrogen-bond acceptors (Lipinski definition) is 3. The summed E-state index contributed by atoms with van der Waals surface area (Å²) < 4.78 is 5.20. The lowest BCUT2D eigenvalue weighted by Gasteiger charge is -2.28. The monoisotopic (exact) mass is 204 g/mol. The van der Waals surface area contributed by atoms with E-state index in [-0.39, 0.29) is 0 Å². The van der Waals surface area contributed by atoms with E-state index in [1.807, 2.05) is 6.07 Å². The Bertz CT molecular complexity index is 374. The molecule has 3 heteroatoms. The summed E-state index contributed by atoms with van der Waals surface area (Å²) in [5, 5.41) is 2.15. The first-order valence-electron chi connectivity index (χ1n) is 5.20. The van der Waals surface area contributed by atoms with Crippen molar-refractivity contribution in [2.24, 2.45) is 0 Å². The number of hydrogen-bond donors (Lipinski definition) is 1. The van der Waals surface area contributed by atoms with E-state index in [1.54, 1.807) is 7.11 Å². The molecule has 3 nitrogen and oxygen atoms in total. The molecule has 1 N–H and O–H groups in total. The molecule has 80 valence electrons. The molecule has 0 amide bonds. The average molecular weight is 204 g/mol. The van der Waals surface area contributed by atoms with Crippen molar-refractivity contribution in [2.45, 2.75) is 6.92 Å². The molecule has 0 unspecified atom stereocenters. The van der Waals surface area contributed by atoms with Crippen molar-refractivity contribution in [3.05, 3.63) is 29.8 Å². The van der Waals surface area contributed by atoms with Crippen LogP contribution < -0.4 is 15.2 Å². The smallest absolute Gasteiger partial charge is 0.119 e. The van der Waals surface area contributed by atoms with Gasteiger partial charge in [0.2, 0.25) is 0 Å². The van der Waals surface area contributed by atoms with Crippen molar-refractivity contribution in [3.63, 3.8) is 0 Å². The van der Waals surface area contributed by atoms with Gasteiger partial charge in [-0.2, -0.15) is 0 Å². The predicted molar refractivity (Wildman–Crippen MR) is 63.1 cm³/mol. The minimum atomic E-state index is 0.900. The number of hydrazine groups is 1. The highest BCUT2D eigenvalue weighted by Gasteiger charge is 2.12. The summed E-state index contributed by atoms with van der Waals surface area (Å²) in [4.78, 5) is 0. The predicted octanol–water partition coefficient (Wildman–Crippen LogP) is 2.05. The Balaban J connectivity index is 2.33. The van der Waals surface area contributed by atoms with Gasteiger partial charge in [0.05, 0.1) is 19.3 Å². The Morgan fingerprint density at radius 2 is 2.33 bits per heavy atom. The number of rotatable bonds is 3. The number of benzene rings is 1. The topological polar surface area (TPSA) is 24.5 Å². The average Bonchev–Trinajstić information content (AvgIpc) is 2.29. The molecule has 0 aromatic heterocycles. The van der Waals surface area contributed by atoms with Crippen LogP contribution in [0.3, 0.4) is 0 Å². The van der Waals surface area contributed by atoms with E-state index in [2.05, 4.69) is 41.6 Å². The second-order valence-electron chi connectivity index (χ2n) is 3.45. The molecule has 1 aliphatic heterocycles. The van der Waals surface area contributed by atoms with Crippen molar-refractivity contribution >= 4 is 11.8 Å². The van der Waals surface area contributed by atoms with Crippen LogP contribution in [0.5, 0.6) is 5.75 Å². The molecule has 0 saturated carbocycles. The maximum absolute atomic E-state index is 5.20. The number of nitrogens with one attached hydrogen (secondary N) is 1. The first-order chi connectivity index (χ1) is 7.35. The molecule has 0 fully saturated rings. The van der Waals surface area contributed by atoms with E-state index in [1.165, 1.54) is 11.3 Å². The Morgan fingerprint density at radius 3 is 3.07 bits per heavy atom. The lowest BCUT2D eigenvalue weighted by Crippen LogP contribution is -2.39. The molecule has 0 spiro atoms. The quantitative estimate of drug-likeness (QED) is 0.815. The van der Waals surface area contributed by atoms with Gasteiger partial charge in [-0.25, -0.2) is 5.43 Å². The van der Waals surface area contributed by atoms with Crippen LogP contribution in [0.25, 0.3) is 6.08 Å². The second kappa shape index (κ2) is 4.36. The fraction of sp³-hybridized carbons (Fsp3) is 0.333. The zero-order valence-electron chi connectivity index (χ0n) is 9.16. The van der Waals surface area contributed by atoms with Crippen molar-refractivity contribution < 1.29 is 4.74 Å². The number of ether oxygens (including phenoxy) is 1. The van der Waals surface area contributed by atoms with E-state index in [0.717, 1.165) is 18.8 Å². The molecule has 0 radical (unpaired) electrons. The maximum Gasteiger partial charge on any atom is 0.119 e. The molecular weight excluding hydrogens is 188 g/mol. The summed E-state index contributed by atoms with van der Waals surface area (Å²) in [6.45, 7) is 3.94. The largest absolute Gasteiger partial charge is 0.497 e. The zero-order valence-corrected chi connectivity index (χ0v) is 9.16. The molecule has 15 heavy (non-hydrogen) atoms. The van der Waals surface area contributed by atoms with Crippen LogP contribution in [0.2, 0.25) is 0 Å². The van der Waals surface area contributed by atoms with Crippen LogP contribution >= 0.6 is 0 Å². The second-order valence-corrected chi connectivity index (χ2v) is 3.45. The van der Waals surface area contributed by atoms with Crippen LogP contribution in [0.15, 0.2) is 24.3 Å². The summed E-state index contributed by atoms with van der Waals surface area (Å²) in [7, 11) is 1.69. The van der Waals surface area contributed by atoms with Gasteiger partial charge in [-0.05, 0) is 18.2 Å². The number of methoxy groups -OCH3 is 1. The van der Waals surface area contributed by atoms with E-state index in [9.17, 15) is 0 Å². The fourth-order valence-electron chi connectivity index (χ4n) is 1.76. The highest BCUT2D eigenvalue weighted by molar-refractivity contribution is 5.72. The van der Waals surface area contributed by atoms with Gasteiger partial charge in [0, 0.05) is 12.1 Å². The summed E-state index contributed by atoms with van der Waals surface area (Å²) >= 11 is 0. The van der Waals surface area contributed by atoms with Gasteiger partial charge >= 0.3 is 0 Å². The molecule has 1 aliphatic rings. The fourth-order valence-corrected chi connectivity index (χ4v) is 1.76. The molecule has 1 aromatic carbocycles. The summed E-state index contributed by atoms with van der Waals surface area (Å²) in [5.74, 6) is 0.900. The Hall–Kier alpha value is -1.48. The third-order valence-corrected chi connectivity index (χ3v) is 2.46. The standard InChI is InChI=1S/C12H16N2O/c1-3-13-14-8-4-5-10-9-11(15-2)6-7-12(10)14/h4-7,9,13H,3,8H2,1-2H3. The molecule has 0 aliphatic carbocycles. The van der Waals surface area contributed by atoms with E-state index >= 15 is 0 Å². The van der Waals surface area contributed by atoms with E-state index in [4.69, 9.17) is 4.74 Å². The Morgan fingerprint density at radius 1 is 1.47 bits per heavy atom. The molecule has 1 aromatic rings. The van der Waals surface area contributed by atoms with Gasteiger partial charge in [-0.1, -0.05) is 19.1 Å². The number of anilines is 1. The maximum atomic E-state index is 5.20. The summed E-state index contributed by atoms with van der Waals surface area (Å²) in [5.41, 5.74) is 5.72. The van der Waals surface area contributed by atoms with E-state index < -0.39 is 0 Å². The summed E-state index contributed by atoms with van der Waals surface area (Å²) in [6.07, 6.45) is 4.27. The Kier molecular flexibility index (Phi) is 2.92. The Labute approximate surface area is 90.3 Å². The third kappa shape index (κ3) is 1.97. The van der Waals surface area contributed by atoms with Crippen LogP contribution in [0.4, 0.5) is 5.69 Å². The molecular formula is C12H16N2O.